The van der Waals surface area contributed by atoms with Gasteiger partial charge in [0.05, 0.1) is 0 Å². The monoisotopic (exact) mass is 200 g/mol. The summed E-state index contributed by atoms with van der Waals surface area (Å²) < 4.78 is 32.4. The Balaban J connectivity index is 0. The van der Waals surface area contributed by atoms with Crippen LogP contribution in [0, 0.1) is 0 Å². The molecular formula is CH2BBrF3K-. The third kappa shape index (κ3) is 11.5. The van der Waals surface area contributed by atoms with Crippen molar-refractivity contribution < 1.29 is 12.9 Å². The Labute approximate surface area is 90.8 Å². The van der Waals surface area contributed by atoms with Crippen LogP contribution in [0.5, 0.6) is 0 Å². The van der Waals surface area contributed by atoms with Crippen LogP contribution < -0.4 is 0 Å². The Bertz CT molecular complexity index is 44.7. The molecule has 0 atom stereocenters. The quantitative estimate of drug-likeness (QED) is 0.444. The molecule has 0 heterocycles. The zero-order valence-corrected chi connectivity index (χ0v) is 8.51. The summed E-state index contributed by atoms with van der Waals surface area (Å²) in [6.07, 6.45) is 0. The standard InChI is InChI=1S/CH2BBrF3.K/c3-1-2(4,5)6;/h1H2;/q-1;. The molecule has 0 spiro atoms. The molecule has 0 aromatic carbocycles. The van der Waals surface area contributed by atoms with Crippen LogP contribution in [0.25, 0.3) is 0 Å². The van der Waals surface area contributed by atoms with E-state index in [0.717, 1.165) is 0 Å². The van der Waals surface area contributed by atoms with Crippen molar-refractivity contribution in [1.29, 1.82) is 0 Å². The van der Waals surface area contributed by atoms with Gasteiger partial charge in [0.2, 0.25) is 0 Å². The topological polar surface area (TPSA) is 0 Å². The van der Waals surface area contributed by atoms with Crippen LogP contribution in [0.2, 0.25) is 0 Å². The van der Waals surface area contributed by atoms with Crippen molar-refractivity contribution in [1.82, 2.24) is 0 Å². The van der Waals surface area contributed by atoms with Crippen molar-refractivity contribution in [2.45, 2.75) is 0 Å². The molecule has 6 heteroatoms. The molecule has 39 valence electrons. The van der Waals surface area contributed by atoms with Gasteiger partial charge in [0.15, 0.2) is 0 Å². The van der Waals surface area contributed by atoms with Crippen LogP contribution in [0.3, 0.4) is 0 Å². The van der Waals surface area contributed by atoms with Crippen LogP contribution in [0.15, 0.2) is 0 Å². The van der Waals surface area contributed by atoms with Gasteiger partial charge in [-0.2, -0.15) is 0 Å². The van der Waals surface area contributed by atoms with E-state index in [1.807, 2.05) is 0 Å². The summed E-state index contributed by atoms with van der Waals surface area (Å²) in [5, 5.41) is -0.854. The largest absolute Gasteiger partial charge is 0.488 e. The molecular weight excluding hydrogens is 199 g/mol. The van der Waals surface area contributed by atoms with Gasteiger partial charge in [-0.05, 0) is 5.23 Å². The van der Waals surface area contributed by atoms with E-state index in [9.17, 15) is 12.9 Å². The van der Waals surface area contributed by atoms with Crippen molar-refractivity contribution in [3.63, 3.8) is 0 Å². The van der Waals surface area contributed by atoms with Gasteiger partial charge >= 0.3 is 6.98 Å². The molecule has 0 aliphatic heterocycles. The van der Waals surface area contributed by atoms with Crippen LogP contribution in [-0.4, -0.2) is 63.6 Å². The van der Waals surface area contributed by atoms with Crippen LogP contribution in [0.1, 0.15) is 0 Å². The first-order valence-corrected chi connectivity index (χ1v) is 2.45. The van der Waals surface area contributed by atoms with Gasteiger partial charge in [-0.3, -0.25) is 0 Å². The minimum atomic E-state index is -4.57. The number of hydrogen-bond acceptors (Lipinski definition) is 0. The molecule has 0 aromatic heterocycles. The molecule has 0 unspecified atom stereocenters. The van der Waals surface area contributed by atoms with Gasteiger partial charge < -0.3 is 12.9 Å². The molecule has 0 fully saturated rings. The second-order valence-corrected chi connectivity index (χ2v) is 1.51. The molecule has 0 rings (SSSR count). The summed E-state index contributed by atoms with van der Waals surface area (Å²) in [6.45, 7) is -4.57. The van der Waals surface area contributed by atoms with Crippen molar-refractivity contribution >= 4 is 74.3 Å². The van der Waals surface area contributed by atoms with E-state index >= 15 is 0 Å². The van der Waals surface area contributed by atoms with E-state index in [2.05, 4.69) is 15.9 Å². The third-order valence-electron chi connectivity index (χ3n) is 0.175. The predicted octanol–water partition coefficient (Wildman–Crippen LogP) is 1.39. The zero-order valence-electron chi connectivity index (χ0n) is 3.80. The molecule has 0 nitrogen and oxygen atoms in total. The summed E-state index contributed by atoms with van der Waals surface area (Å²) >= 11 is 2.27. The molecule has 0 N–H and O–H groups in total. The number of hydrogen-bond donors (Lipinski definition) is 0. The molecule has 0 aromatic rings. The van der Waals surface area contributed by atoms with Crippen LogP contribution in [-0.2, 0) is 0 Å². The fourth-order valence-corrected chi connectivity index (χ4v) is 0. The summed E-state index contributed by atoms with van der Waals surface area (Å²) in [7, 11) is 0. The first-order valence-electron chi connectivity index (χ1n) is 1.33. The normalized spacial score (nSPS) is 10.3. The molecule has 0 bridgehead atoms. The number of halogens is 4. The number of rotatable bonds is 1. The second kappa shape index (κ2) is 4.81. The fraction of sp³-hybridized carbons (Fsp3) is 1.00. The first-order chi connectivity index (χ1) is 2.56. The first kappa shape index (κ1) is 11.7. The van der Waals surface area contributed by atoms with E-state index in [0.29, 0.717) is 0 Å². The maximum absolute atomic E-state index is 10.8. The molecule has 0 saturated heterocycles. The average Bonchev–Trinajstić information content (AvgIpc) is 1.35. The summed E-state index contributed by atoms with van der Waals surface area (Å²) in [5.41, 5.74) is 0. The van der Waals surface area contributed by atoms with E-state index in [4.69, 9.17) is 0 Å². The molecule has 0 aliphatic rings. The molecule has 0 amide bonds. The second-order valence-electron chi connectivity index (χ2n) is 0.865. The maximum atomic E-state index is 10.8. The minimum absolute atomic E-state index is 0. The Hall–Kier alpha value is 1.97. The average molecular weight is 201 g/mol. The summed E-state index contributed by atoms with van der Waals surface area (Å²) in [5.74, 6) is 0. The van der Waals surface area contributed by atoms with Gasteiger partial charge in [-0.15, -0.1) is 15.9 Å². The smallest absolute Gasteiger partial charge is 0.448 e. The van der Waals surface area contributed by atoms with Crippen molar-refractivity contribution in [2.24, 2.45) is 0 Å². The van der Waals surface area contributed by atoms with Gasteiger partial charge in [-0.1, -0.05) is 0 Å². The van der Waals surface area contributed by atoms with Crippen molar-refractivity contribution in [3.05, 3.63) is 0 Å². The zero-order chi connectivity index (χ0) is 5.21. The number of alkyl halides is 1. The molecule has 7 heavy (non-hydrogen) atoms. The summed E-state index contributed by atoms with van der Waals surface area (Å²) in [6, 6.07) is 0. The molecule has 0 aliphatic carbocycles. The van der Waals surface area contributed by atoms with E-state index < -0.39 is 12.2 Å². The summed E-state index contributed by atoms with van der Waals surface area (Å²) in [4.78, 5) is 0. The van der Waals surface area contributed by atoms with E-state index in [1.54, 1.807) is 0 Å². The Morgan fingerprint density at radius 1 is 1.29 bits per heavy atom. The molecule has 1 radical (unpaired) electrons. The predicted molar refractivity (Wildman–Crippen MR) is 28.6 cm³/mol. The van der Waals surface area contributed by atoms with E-state index in [-0.39, 0.29) is 51.4 Å². The van der Waals surface area contributed by atoms with Crippen molar-refractivity contribution in [2.75, 3.05) is 5.23 Å². The SMILES string of the molecule is F[B-](F)(F)CBr.[K]. The Morgan fingerprint density at radius 2 is 1.43 bits per heavy atom. The van der Waals surface area contributed by atoms with E-state index in [1.165, 1.54) is 0 Å². The van der Waals surface area contributed by atoms with Crippen molar-refractivity contribution in [3.8, 4) is 0 Å². The molecule has 0 saturated carbocycles. The van der Waals surface area contributed by atoms with Crippen LogP contribution >= 0.6 is 15.9 Å². The fourth-order valence-electron chi connectivity index (χ4n) is 0. The van der Waals surface area contributed by atoms with Gasteiger partial charge in [0.25, 0.3) is 0 Å². The Morgan fingerprint density at radius 3 is 1.43 bits per heavy atom. The third-order valence-corrected chi connectivity index (χ3v) is 0.909. The maximum Gasteiger partial charge on any atom is 0.488 e. The van der Waals surface area contributed by atoms with Crippen LogP contribution in [0.4, 0.5) is 12.9 Å². The van der Waals surface area contributed by atoms with Gasteiger partial charge in [-0.25, -0.2) is 0 Å². The minimum Gasteiger partial charge on any atom is -0.448 e. The van der Waals surface area contributed by atoms with Gasteiger partial charge in [0, 0.05) is 51.4 Å². The van der Waals surface area contributed by atoms with Gasteiger partial charge in [0.1, 0.15) is 0 Å². The Kier molecular flexibility index (Phi) is 8.07.